The first-order chi connectivity index (χ1) is 4.30. The molecule has 0 spiro atoms. The van der Waals surface area contributed by atoms with Crippen molar-refractivity contribution in [3.05, 3.63) is 0 Å². The molecular formula is C6H11NOS. The molecule has 1 saturated heterocycles. The molecule has 9 heavy (non-hydrogen) atoms. The number of hydrogen-bond acceptors (Lipinski definition) is 2. The van der Waals surface area contributed by atoms with Crippen molar-refractivity contribution in [2.45, 2.75) is 6.92 Å². The summed E-state index contributed by atoms with van der Waals surface area (Å²) in [7, 11) is 0. The van der Waals surface area contributed by atoms with E-state index in [1.165, 1.54) is 0 Å². The van der Waals surface area contributed by atoms with Crippen molar-refractivity contribution in [3.8, 4) is 0 Å². The fourth-order valence-electron chi connectivity index (χ4n) is 0.756. The average Bonchev–Trinajstić information content (AvgIpc) is 1.99. The van der Waals surface area contributed by atoms with Crippen molar-refractivity contribution in [3.63, 3.8) is 0 Å². The second kappa shape index (κ2) is 3.11. The highest BCUT2D eigenvalue weighted by molar-refractivity contribution is 7.99. The monoisotopic (exact) mass is 145 g/mol. The molecule has 0 aromatic rings. The topological polar surface area (TPSA) is 29.1 Å². The predicted octanol–water partition coefficient (Wildman–Crippen LogP) is 0.485. The lowest BCUT2D eigenvalue weighted by Gasteiger charge is -2.02. The van der Waals surface area contributed by atoms with Gasteiger partial charge in [0, 0.05) is 24.0 Å². The first kappa shape index (κ1) is 6.93. The molecular weight excluding hydrogens is 134 g/mol. The van der Waals surface area contributed by atoms with Crippen LogP contribution < -0.4 is 5.32 Å². The number of amides is 1. The number of carbonyl (C=O) groups excluding carboxylic acids is 1. The van der Waals surface area contributed by atoms with Crippen LogP contribution in [0.4, 0.5) is 0 Å². The van der Waals surface area contributed by atoms with Gasteiger partial charge in [-0.15, -0.1) is 0 Å². The van der Waals surface area contributed by atoms with Gasteiger partial charge in [0.1, 0.15) is 0 Å². The zero-order valence-corrected chi connectivity index (χ0v) is 6.33. The van der Waals surface area contributed by atoms with Crippen LogP contribution in [0.15, 0.2) is 0 Å². The van der Waals surface area contributed by atoms with Crippen molar-refractivity contribution in [2.75, 3.05) is 18.1 Å². The van der Waals surface area contributed by atoms with Crippen LogP contribution in [0, 0.1) is 5.92 Å². The molecule has 0 radical (unpaired) electrons. The summed E-state index contributed by atoms with van der Waals surface area (Å²) in [6.07, 6.45) is 0. The summed E-state index contributed by atoms with van der Waals surface area (Å²) in [5.74, 6) is 2.46. The highest BCUT2D eigenvalue weighted by Gasteiger charge is 2.14. The van der Waals surface area contributed by atoms with Gasteiger partial charge in [-0.05, 0) is 0 Å². The molecule has 1 aliphatic heterocycles. The number of carbonyl (C=O) groups is 1. The second-order valence-electron chi connectivity index (χ2n) is 2.27. The van der Waals surface area contributed by atoms with Gasteiger partial charge in [-0.3, -0.25) is 4.79 Å². The van der Waals surface area contributed by atoms with E-state index in [0.717, 1.165) is 18.1 Å². The summed E-state index contributed by atoms with van der Waals surface area (Å²) in [5, 5.41) is 2.83. The molecule has 1 heterocycles. The summed E-state index contributed by atoms with van der Waals surface area (Å²) in [5.41, 5.74) is 0. The Morgan fingerprint density at radius 1 is 1.78 bits per heavy atom. The van der Waals surface area contributed by atoms with Crippen molar-refractivity contribution in [1.29, 1.82) is 0 Å². The summed E-state index contributed by atoms with van der Waals surface area (Å²) >= 11 is 1.84. The minimum absolute atomic E-state index is 0.206. The van der Waals surface area contributed by atoms with E-state index < -0.39 is 0 Å². The Labute approximate surface area is 59.4 Å². The average molecular weight is 145 g/mol. The highest BCUT2D eigenvalue weighted by atomic mass is 32.2. The third-order valence-corrected chi connectivity index (χ3v) is 2.59. The molecule has 0 aromatic heterocycles. The first-order valence-corrected chi connectivity index (χ1v) is 4.31. The Bertz CT molecular complexity index is 116. The van der Waals surface area contributed by atoms with Crippen LogP contribution >= 0.6 is 11.8 Å². The van der Waals surface area contributed by atoms with E-state index >= 15 is 0 Å². The third kappa shape index (κ3) is 1.90. The molecule has 3 heteroatoms. The summed E-state index contributed by atoms with van der Waals surface area (Å²) < 4.78 is 0. The molecule has 0 saturated carbocycles. The molecule has 2 nitrogen and oxygen atoms in total. The first-order valence-electron chi connectivity index (χ1n) is 3.16. The molecule has 1 fully saturated rings. The minimum atomic E-state index is 0.206. The summed E-state index contributed by atoms with van der Waals surface area (Å²) in [4.78, 5) is 10.9. The number of nitrogens with one attached hydrogen (secondary N) is 1. The Morgan fingerprint density at radius 2 is 2.56 bits per heavy atom. The smallest absolute Gasteiger partial charge is 0.223 e. The Hall–Kier alpha value is -0.180. The van der Waals surface area contributed by atoms with E-state index in [9.17, 15) is 4.79 Å². The van der Waals surface area contributed by atoms with E-state index in [1.54, 1.807) is 0 Å². The van der Waals surface area contributed by atoms with E-state index in [4.69, 9.17) is 0 Å². The Balaban J connectivity index is 2.41. The largest absolute Gasteiger partial charge is 0.355 e. The maximum absolute atomic E-state index is 10.9. The van der Waals surface area contributed by atoms with Crippen LogP contribution in [0.25, 0.3) is 0 Å². The zero-order valence-electron chi connectivity index (χ0n) is 5.52. The van der Waals surface area contributed by atoms with Crippen molar-refractivity contribution >= 4 is 17.7 Å². The molecule has 1 aliphatic rings. The van der Waals surface area contributed by atoms with Crippen LogP contribution in [-0.4, -0.2) is 24.0 Å². The molecule has 1 rings (SSSR count). The van der Waals surface area contributed by atoms with Crippen LogP contribution in [0.5, 0.6) is 0 Å². The van der Waals surface area contributed by atoms with Crippen molar-refractivity contribution in [1.82, 2.24) is 5.32 Å². The fourth-order valence-corrected chi connectivity index (χ4v) is 1.67. The van der Waals surface area contributed by atoms with E-state index in [-0.39, 0.29) is 11.8 Å². The maximum Gasteiger partial charge on any atom is 0.223 e. The molecule has 0 unspecified atom stereocenters. The third-order valence-electron chi connectivity index (χ3n) is 1.36. The zero-order chi connectivity index (χ0) is 6.69. The van der Waals surface area contributed by atoms with Crippen molar-refractivity contribution in [2.24, 2.45) is 5.92 Å². The van der Waals surface area contributed by atoms with Gasteiger partial charge in [0.2, 0.25) is 5.91 Å². The Kier molecular flexibility index (Phi) is 2.39. The SMILES string of the molecule is C[C@H]1CSCCNC1=O. The van der Waals surface area contributed by atoms with Gasteiger partial charge in [-0.2, -0.15) is 11.8 Å². The molecule has 1 amide bonds. The summed E-state index contributed by atoms with van der Waals surface area (Å²) in [6, 6.07) is 0. The fraction of sp³-hybridized carbons (Fsp3) is 0.833. The van der Waals surface area contributed by atoms with Crippen LogP contribution in [0.2, 0.25) is 0 Å². The molecule has 0 aliphatic carbocycles. The van der Waals surface area contributed by atoms with Crippen LogP contribution in [-0.2, 0) is 4.79 Å². The van der Waals surface area contributed by atoms with Gasteiger partial charge < -0.3 is 5.32 Å². The van der Waals surface area contributed by atoms with Gasteiger partial charge in [0.15, 0.2) is 0 Å². The van der Waals surface area contributed by atoms with E-state index in [2.05, 4.69) is 5.32 Å². The lowest BCUT2D eigenvalue weighted by Crippen LogP contribution is -2.28. The number of thioether (sulfide) groups is 1. The van der Waals surface area contributed by atoms with E-state index in [1.807, 2.05) is 18.7 Å². The standard InChI is InChI=1S/C6H11NOS/c1-5-4-9-3-2-7-6(5)8/h5H,2-4H2,1H3,(H,7,8)/t5-/m0/s1. The van der Waals surface area contributed by atoms with Gasteiger partial charge in [-0.1, -0.05) is 6.92 Å². The molecule has 52 valence electrons. The minimum Gasteiger partial charge on any atom is -0.355 e. The molecule has 1 atom stereocenters. The quantitative estimate of drug-likeness (QED) is 0.537. The van der Waals surface area contributed by atoms with Gasteiger partial charge in [0.25, 0.3) is 0 Å². The normalized spacial score (nSPS) is 29.0. The summed E-state index contributed by atoms with van der Waals surface area (Å²) in [6.45, 7) is 2.81. The number of rotatable bonds is 0. The second-order valence-corrected chi connectivity index (χ2v) is 3.42. The van der Waals surface area contributed by atoms with Gasteiger partial charge in [-0.25, -0.2) is 0 Å². The van der Waals surface area contributed by atoms with Crippen LogP contribution in [0.1, 0.15) is 6.92 Å². The van der Waals surface area contributed by atoms with E-state index in [0.29, 0.717) is 0 Å². The number of hydrogen-bond donors (Lipinski definition) is 1. The highest BCUT2D eigenvalue weighted by Crippen LogP contribution is 2.10. The van der Waals surface area contributed by atoms with Crippen LogP contribution in [0.3, 0.4) is 0 Å². The van der Waals surface area contributed by atoms with Gasteiger partial charge in [0.05, 0.1) is 0 Å². The van der Waals surface area contributed by atoms with Gasteiger partial charge >= 0.3 is 0 Å². The maximum atomic E-state index is 10.9. The molecule has 1 N–H and O–H groups in total. The van der Waals surface area contributed by atoms with Crippen molar-refractivity contribution < 1.29 is 4.79 Å². The lowest BCUT2D eigenvalue weighted by atomic mass is 10.2. The predicted molar refractivity (Wildman–Crippen MR) is 39.5 cm³/mol. The Morgan fingerprint density at radius 3 is 3.33 bits per heavy atom. The molecule has 0 bridgehead atoms. The molecule has 0 aromatic carbocycles. The lowest BCUT2D eigenvalue weighted by molar-refractivity contribution is -0.123.